The minimum absolute atomic E-state index is 0.160. The van der Waals surface area contributed by atoms with Gasteiger partial charge in [0.1, 0.15) is 0 Å². The van der Waals surface area contributed by atoms with E-state index in [0.717, 1.165) is 0 Å². The van der Waals surface area contributed by atoms with E-state index in [1.165, 1.54) is 17.1 Å². The first-order valence-corrected chi connectivity index (χ1v) is 4.39. The molecule has 0 aromatic heterocycles. The van der Waals surface area contributed by atoms with Crippen molar-refractivity contribution in [2.24, 2.45) is 0 Å². The molecule has 1 N–H and O–H groups in total. The molecule has 0 atom stereocenters. The molecule has 14 heavy (non-hydrogen) atoms. The third kappa shape index (κ3) is 1.32. The Labute approximate surface area is 82.5 Å². The van der Waals surface area contributed by atoms with Gasteiger partial charge in [0.15, 0.2) is 5.54 Å². The summed E-state index contributed by atoms with van der Waals surface area (Å²) in [4.78, 5) is 23.8. The second-order valence-electron chi connectivity index (χ2n) is 3.19. The molecule has 1 heterocycles. The minimum atomic E-state index is -1.44. The highest BCUT2D eigenvalue weighted by atomic mass is 16.4. The van der Waals surface area contributed by atoms with Crippen molar-refractivity contribution in [3.63, 3.8) is 0 Å². The van der Waals surface area contributed by atoms with Crippen LogP contribution in [0, 0.1) is 0 Å². The molecule has 0 bridgehead atoms. The van der Waals surface area contributed by atoms with Gasteiger partial charge in [0.2, 0.25) is 5.91 Å². The molecule has 0 radical (unpaired) electrons. The van der Waals surface area contributed by atoms with Crippen LogP contribution in [0.2, 0.25) is 0 Å². The number of rotatable bonds is 4. The Morgan fingerprint density at radius 1 is 1.50 bits per heavy atom. The quantitative estimate of drug-likeness (QED) is 0.675. The number of carbonyl (C=O) groups excluding carboxylic acids is 1. The fourth-order valence-corrected chi connectivity index (χ4v) is 1.63. The topological polar surface area (TPSA) is 57.6 Å². The lowest BCUT2D eigenvalue weighted by atomic mass is 9.98. The summed E-state index contributed by atoms with van der Waals surface area (Å²) in [6, 6.07) is 0. The van der Waals surface area contributed by atoms with E-state index in [2.05, 4.69) is 13.2 Å². The van der Waals surface area contributed by atoms with Crippen molar-refractivity contribution in [3.05, 3.63) is 25.3 Å². The van der Waals surface area contributed by atoms with E-state index in [-0.39, 0.29) is 5.91 Å². The number of carboxylic acid groups (broad SMARTS) is 1. The van der Waals surface area contributed by atoms with Crippen LogP contribution < -0.4 is 0 Å². The van der Waals surface area contributed by atoms with E-state index < -0.39 is 11.5 Å². The number of aliphatic carboxylic acids is 1. The van der Waals surface area contributed by atoms with Crippen molar-refractivity contribution in [1.29, 1.82) is 0 Å². The number of likely N-dealkylation sites (tertiary alicyclic amines) is 1. The van der Waals surface area contributed by atoms with Gasteiger partial charge in [0.05, 0.1) is 0 Å². The first-order valence-electron chi connectivity index (χ1n) is 4.39. The summed E-state index contributed by atoms with van der Waals surface area (Å²) in [7, 11) is 0. The smallest absolute Gasteiger partial charge is 0.337 e. The highest BCUT2D eigenvalue weighted by molar-refractivity contribution is 5.91. The van der Waals surface area contributed by atoms with Crippen LogP contribution in [-0.2, 0) is 9.59 Å². The van der Waals surface area contributed by atoms with Crippen molar-refractivity contribution in [2.45, 2.75) is 18.4 Å². The normalized spacial score (nSPS) is 16.9. The highest BCUT2D eigenvalue weighted by Gasteiger charge is 2.43. The Hall–Kier alpha value is -1.58. The molecule has 4 heteroatoms. The van der Waals surface area contributed by atoms with E-state index in [1.807, 2.05) is 0 Å². The van der Waals surface area contributed by atoms with Crippen LogP contribution in [0.5, 0.6) is 0 Å². The van der Waals surface area contributed by atoms with Crippen molar-refractivity contribution in [1.82, 2.24) is 4.90 Å². The van der Waals surface area contributed by atoms with Crippen LogP contribution in [-0.4, -0.2) is 34.0 Å². The highest BCUT2D eigenvalue weighted by Crippen LogP contribution is 2.25. The molecular formula is C10H13NO3. The van der Waals surface area contributed by atoms with Crippen molar-refractivity contribution >= 4 is 11.9 Å². The molecular weight excluding hydrogens is 182 g/mol. The third-order valence-corrected chi connectivity index (χ3v) is 2.49. The van der Waals surface area contributed by atoms with Gasteiger partial charge < -0.3 is 10.0 Å². The number of carbonyl (C=O) groups is 2. The Morgan fingerprint density at radius 2 is 2.07 bits per heavy atom. The van der Waals surface area contributed by atoms with Crippen LogP contribution in [0.1, 0.15) is 12.8 Å². The maximum Gasteiger partial charge on any atom is 0.337 e. The summed E-state index contributed by atoms with van der Waals surface area (Å²) in [5.74, 6) is -1.27. The number of hydrogen-bond donors (Lipinski definition) is 1. The molecule has 0 spiro atoms. The zero-order valence-corrected chi connectivity index (χ0v) is 7.90. The molecule has 0 aliphatic carbocycles. The Balaban J connectivity index is 3.09. The first-order chi connectivity index (χ1) is 6.58. The molecule has 1 fully saturated rings. The van der Waals surface area contributed by atoms with E-state index in [9.17, 15) is 9.59 Å². The molecule has 0 saturated carbocycles. The van der Waals surface area contributed by atoms with E-state index in [0.29, 0.717) is 19.4 Å². The lowest BCUT2D eigenvalue weighted by Crippen LogP contribution is -2.52. The maximum absolute atomic E-state index is 11.4. The summed E-state index contributed by atoms with van der Waals surface area (Å²) in [5, 5.41) is 9.07. The predicted molar refractivity (Wildman–Crippen MR) is 51.7 cm³/mol. The van der Waals surface area contributed by atoms with Gasteiger partial charge in [-0.2, -0.15) is 0 Å². The molecule has 1 amide bonds. The van der Waals surface area contributed by atoms with Gasteiger partial charge in [-0.3, -0.25) is 4.79 Å². The lowest BCUT2D eigenvalue weighted by molar-refractivity contribution is -0.150. The lowest BCUT2D eigenvalue weighted by Gasteiger charge is -2.32. The minimum Gasteiger partial charge on any atom is -0.479 e. The third-order valence-electron chi connectivity index (χ3n) is 2.49. The molecule has 76 valence electrons. The zero-order valence-electron chi connectivity index (χ0n) is 7.90. The van der Waals surface area contributed by atoms with Gasteiger partial charge in [-0.25, -0.2) is 4.79 Å². The predicted octanol–water partition coefficient (Wildman–Crippen LogP) is 0.804. The van der Waals surface area contributed by atoms with Crippen LogP contribution in [0.3, 0.4) is 0 Å². The van der Waals surface area contributed by atoms with Crippen LogP contribution in [0.25, 0.3) is 0 Å². The second-order valence-corrected chi connectivity index (χ2v) is 3.19. The summed E-state index contributed by atoms with van der Waals surface area (Å²) in [6.45, 7) is 7.36. The Kier molecular flexibility index (Phi) is 2.74. The second kappa shape index (κ2) is 3.65. The largest absolute Gasteiger partial charge is 0.479 e. The molecule has 1 aliphatic rings. The molecule has 1 rings (SSSR count). The standard InChI is InChI=1S/C10H13NO3/c1-3-10(4-2,9(13)14)11-7-5-6-8(11)12/h3-4H,1-2,5-7H2,(H,13,14). The molecule has 1 saturated heterocycles. The molecule has 0 unspecified atom stereocenters. The summed E-state index contributed by atoms with van der Waals surface area (Å²) >= 11 is 0. The molecule has 1 aliphatic heterocycles. The van der Waals surface area contributed by atoms with E-state index >= 15 is 0 Å². The van der Waals surface area contributed by atoms with E-state index in [1.54, 1.807) is 0 Å². The van der Waals surface area contributed by atoms with Crippen LogP contribution in [0.15, 0.2) is 25.3 Å². The number of carboxylic acids is 1. The summed E-state index contributed by atoms with van der Waals surface area (Å²) in [5.41, 5.74) is -1.44. The molecule has 0 aromatic rings. The van der Waals surface area contributed by atoms with Crippen molar-refractivity contribution in [2.75, 3.05) is 6.54 Å². The van der Waals surface area contributed by atoms with Crippen LogP contribution >= 0.6 is 0 Å². The van der Waals surface area contributed by atoms with Crippen molar-refractivity contribution in [3.8, 4) is 0 Å². The van der Waals surface area contributed by atoms with Gasteiger partial charge in [-0.05, 0) is 6.42 Å². The Morgan fingerprint density at radius 3 is 2.36 bits per heavy atom. The number of nitrogens with zero attached hydrogens (tertiary/aromatic N) is 1. The monoisotopic (exact) mass is 195 g/mol. The summed E-state index contributed by atoms with van der Waals surface area (Å²) < 4.78 is 0. The fraction of sp³-hybridized carbons (Fsp3) is 0.400. The number of hydrogen-bond acceptors (Lipinski definition) is 2. The van der Waals surface area contributed by atoms with Crippen LogP contribution in [0.4, 0.5) is 0 Å². The van der Waals surface area contributed by atoms with Crippen molar-refractivity contribution < 1.29 is 14.7 Å². The SMILES string of the molecule is C=CC(C=C)(C(=O)O)N1CCCC1=O. The average Bonchev–Trinajstić information content (AvgIpc) is 2.55. The molecule has 0 aromatic carbocycles. The van der Waals surface area contributed by atoms with Gasteiger partial charge in [0, 0.05) is 13.0 Å². The molecule has 4 nitrogen and oxygen atoms in total. The van der Waals surface area contributed by atoms with Gasteiger partial charge in [-0.15, -0.1) is 0 Å². The zero-order chi connectivity index (χ0) is 10.8. The summed E-state index contributed by atoms with van der Waals surface area (Å²) in [6.07, 6.45) is 3.57. The van der Waals surface area contributed by atoms with Gasteiger partial charge >= 0.3 is 5.97 Å². The Bertz CT molecular complexity index is 288. The van der Waals surface area contributed by atoms with Gasteiger partial charge in [-0.1, -0.05) is 25.3 Å². The fourth-order valence-electron chi connectivity index (χ4n) is 1.63. The van der Waals surface area contributed by atoms with Gasteiger partial charge in [0.25, 0.3) is 0 Å². The average molecular weight is 195 g/mol. The maximum atomic E-state index is 11.4. The first kappa shape index (κ1) is 10.5. The number of amides is 1. The van der Waals surface area contributed by atoms with E-state index in [4.69, 9.17) is 5.11 Å².